The van der Waals surface area contributed by atoms with Gasteiger partial charge in [-0.05, 0) is 49.5 Å². The van der Waals surface area contributed by atoms with Crippen LogP contribution in [0.5, 0.6) is 0 Å². The monoisotopic (exact) mass is 334 g/mol. The van der Waals surface area contributed by atoms with Crippen molar-refractivity contribution in [3.63, 3.8) is 0 Å². The third kappa shape index (κ3) is 5.84. The van der Waals surface area contributed by atoms with E-state index in [9.17, 15) is 12.8 Å². The Kier molecular flexibility index (Phi) is 7.48. The molecular weight excluding hydrogens is 311 g/mol. The van der Waals surface area contributed by atoms with E-state index in [1.54, 1.807) is 18.7 Å². The van der Waals surface area contributed by atoms with Crippen molar-refractivity contribution in [2.75, 3.05) is 24.3 Å². The molecule has 0 fully saturated rings. The van der Waals surface area contributed by atoms with Crippen molar-refractivity contribution in [2.45, 2.75) is 37.5 Å². The zero-order valence-electron chi connectivity index (χ0n) is 12.5. The summed E-state index contributed by atoms with van der Waals surface area (Å²) in [6, 6.07) is 2.32. The van der Waals surface area contributed by atoms with Gasteiger partial charge in [0.15, 0.2) is 0 Å². The highest BCUT2D eigenvalue weighted by molar-refractivity contribution is 7.98. The number of nitrogens with one attached hydrogen (secondary N) is 1. The van der Waals surface area contributed by atoms with Crippen LogP contribution < -0.4 is 10.5 Å². The van der Waals surface area contributed by atoms with Crippen molar-refractivity contribution >= 4 is 27.5 Å². The Morgan fingerprint density at radius 3 is 2.57 bits per heavy atom. The Balaban J connectivity index is 2.53. The van der Waals surface area contributed by atoms with Gasteiger partial charge < -0.3 is 5.73 Å². The highest BCUT2D eigenvalue weighted by atomic mass is 32.2. The summed E-state index contributed by atoms with van der Waals surface area (Å²) in [5, 5.41) is 0. The average Bonchev–Trinajstić information content (AvgIpc) is 2.41. The van der Waals surface area contributed by atoms with Gasteiger partial charge in [-0.15, -0.1) is 0 Å². The van der Waals surface area contributed by atoms with Crippen molar-refractivity contribution in [3.05, 3.63) is 23.5 Å². The van der Waals surface area contributed by atoms with Gasteiger partial charge >= 0.3 is 0 Å². The molecule has 0 aromatic heterocycles. The van der Waals surface area contributed by atoms with Crippen LogP contribution in [0, 0.1) is 12.7 Å². The molecule has 0 radical (unpaired) electrons. The second-order valence-corrected chi connectivity index (χ2v) is 7.66. The van der Waals surface area contributed by atoms with E-state index < -0.39 is 15.8 Å². The summed E-state index contributed by atoms with van der Waals surface area (Å²) in [5.74, 6) is 0.355. The third-order valence-electron chi connectivity index (χ3n) is 3.18. The Morgan fingerprint density at radius 1 is 1.24 bits per heavy atom. The topological polar surface area (TPSA) is 72.2 Å². The van der Waals surface area contributed by atoms with E-state index in [2.05, 4.69) is 11.0 Å². The summed E-state index contributed by atoms with van der Waals surface area (Å²) in [6.07, 6.45) is 5.99. The maximum atomic E-state index is 13.8. The van der Waals surface area contributed by atoms with Crippen LogP contribution in [0.4, 0.5) is 10.1 Å². The molecular formula is C14H23FN2O2S2. The highest BCUT2D eigenvalue weighted by Gasteiger charge is 2.19. The molecule has 120 valence electrons. The number of thioether (sulfide) groups is 1. The molecule has 0 aliphatic heterocycles. The summed E-state index contributed by atoms with van der Waals surface area (Å²) in [5.41, 5.74) is 6.45. The zero-order chi connectivity index (χ0) is 15.9. The Morgan fingerprint density at radius 2 is 1.90 bits per heavy atom. The molecule has 0 aliphatic carbocycles. The van der Waals surface area contributed by atoms with Crippen molar-refractivity contribution in [2.24, 2.45) is 0 Å². The van der Waals surface area contributed by atoms with Crippen LogP contribution in [0.15, 0.2) is 17.0 Å². The molecule has 0 unspecified atom stereocenters. The molecule has 7 heteroatoms. The van der Waals surface area contributed by atoms with Crippen LogP contribution in [0.3, 0.4) is 0 Å². The number of aryl methyl sites for hydroxylation is 1. The molecule has 0 heterocycles. The first-order valence-corrected chi connectivity index (χ1v) is 9.80. The van der Waals surface area contributed by atoms with E-state index >= 15 is 0 Å². The van der Waals surface area contributed by atoms with Crippen molar-refractivity contribution < 1.29 is 12.8 Å². The van der Waals surface area contributed by atoms with Gasteiger partial charge in [0, 0.05) is 12.2 Å². The van der Waals surface area contributed by atoms with E-state index in [1.807, 2.05) is 0 Å². The van der Waals surface area contributed by atoms with E-state index in [-0.39, 0.29) is 10.6 Å². The van der Waals surface area contributed by atoms with Crippen molar-refractivity contribution in [3.8, 4) is 0 Å². The molecule has 1 aromatic carbocycles. The normalized spacial score (nSPS) is 11.8. The largest absolute Gasteiger partial charge is 0.398 e. The lowest BCUT2D eigenvalue weighted by Gasteiger charge is -2.10. The number of hydrogen-bond donors (Lipinski definition) is 2. The number of anilines is 1. The number of unbranched alkanes of at least 4 members (excludes halogenated alkanes) is 3. The van der Waals surface area contributed by atoms with Crippen LogP contribution in [-0.2, 0) is 10.0 Å². The van der Waals surface area contributed by atoms with Crippen LogP contribution in [0.2, 0.25) is 0 Å². The van der Waals surface area contributed by atoms with Gasteiger partial charge in [-0.2, -0.15) is 11.8 Å². The number of rotatable bonds is 9. The summed E-state index contributed by atoms with van der Waals surface area (Å²) >= 11 is 1.81. The molecule has 3 N–H and O–H groups in total. The number of sulfonamides is 1. The standard InChI is InChI=1S/C14H23FN2O2S2/c1-11-9-12(15)14(10-13(11)16)21(18,19)17-7-5-3-4-6-8-20-2/h9-10,17H,3-8,16H2,1-2H3. The fourth-order valence-electron chi connectivity index (χ4n) is 1.88. The first-order valence-electron chi connectivity index (χ1n) is 6.92. The predicted octanol–water partition coefficient (Wildman–Crippen LogP) is 2.92. The summed E-state index contributed by atoms with van der Waals surface area (Å²) in [6.45, 7) is 1.95. The first-order chi connectivity index (χ1) is 9.88. The van der Waals surface area contributed by atoms with Crippen molar-refractivity contribution in [1.29, 1.82) is 0 Å². The number of benzene rings is 1. The van der Waals surface area contributed by atoms with Crippen LogP contribution in [-0.4, -0.2) is 27.0 Å². The molecule has 0 spiro atoms. The van der Waals surface area contributed by atoms with Crippen LogP contribution >= 0.6 is 11.8 Å². The van der Waals surface area contributed by atoms with E-state index in [1.165, 1.54) is 6.07 Å². The molecule has 0 saturated heterocycles. The van der Waals surface area contributed by atoms with Crippen LogP contribution in [0.1, 0.15) is 31.2 Å². The second-order valence-electron chi connectivity index (χ2n) is 4.94. The fourth-order valence-corrected chi connectivity index (χ4v) is 3.54. The Labute approximate surface area is 130 Å². The molecule has 0 bridgehead atoms. The maximum absolute atomic E-state index is 13.8. The van der Waals surface area contributed by atoms with Gasteiger partial charge in [0.25, 0.3) is 0 Å². The number of halogens is 1. The molecule has 0 saturated carbocycles. The first kappa shape index (κ1) is 18.3. The number of hydrogen-bond acceptors (Lipinski definition) is 4. The lowest BCUT2D eigenvalue weighted by molar-refractivity contribution is 0.552. The molecule has 0 amide bonds. The zero-order valence-corrected chi connectivity index (χ0v) is 14.1. The van der Waals surface area contributed by atoms with Gasteiger partial charge in [0.05, 0.1) is 0 Å². The fraction of sp³-hybridized carbons (Fsp3) is 0.571. The molecule has 0 aliphatic rings. The van der Waals surface area contributed by atoms with Gasteiger partial charge in [-0.3, -0.25) is 0 Å². The third-order valence-corrected chi connectivity index (χ3v) is 5.35. The van der Waals surface area contributed by atoms with Gasteiger partial charge in [0.2, 0.25) is 10.0 Å². The molecule has 0 atom stereocenters. The smallest absolute Gasteiger partial charge is 0.243 e. The maximum Gasteiger partial charge on any atom is 0.243 e. The predicted molar refractivity (Wildman–Crippen MR) is 87.6 cm³/mol. The molecule has 1 aromatic rings. The minimum atomic E-state index is -3.84. The molecule has 4 nitrogen and oxygen atoms in total. The lowest BCUT2D eigenvalue weighted by Crippen LogP contribution is -2.26. The van der Waals surface area contributed by atoms with E-state index in [4.69, 9.17) is 5.73 Å². The minimum Gasteiger partial charge on any atom is -0.398 e. The highest BCUT2D eigenvalue weighted by Crippen LogP contribution is 2.21. The Hall–Kier alpha value is -0.790. The second kappa shape index (κ2) is 8.60. The van der Waals surface area contributed by atoms with Gasteiger partial charge in [0.1, 0.15) is 10.7 Å². The van der Waals surface area contributed by atoms with Crippen molar-refractivity contribution in [1.82, 2.24) is 4.72 Å². The van der Waals surface area contributed by atoms with Gasteiger partial charge in [-0.25, -0.2) is 17.5 Å². The number of nitrogens with two attached hydrogens (primary N) is 1. The Bertz CT molecular complexity index is 562. The average molecular weight is 334 g/mol. The minimum absolute atomic E-state index is 0.272. The van der Waals surface area contributed by atoms with E-state index in [0.29, 0.717) is 12.1 Å². The quantitative estimate of drug-likeness (QED) is 0.538. The van der Waals surface area contributed by atoms with Gasteiger partial charge in [-0.1, -0.05) is 12.8 Å². The lowest BCUT2D eigenvalue weighted by atomic mass is 10.2. The van der Waals surface area contributed by atoms with Crippen LogP contribution in [0.25, 0.3) is 0 Å². The summed E-state index contributed by atoms with van der Waals surface area (Å²) in [7, 11) is -3.84. The van der Waals surface area contributed by atoms with E-state index in [0.717, 1.165) is 37.5 Å². The molecule has 21 heavy (non-hydrogen) atoms. The summed E-state index contributed by atoms with van der Waals surface area (Å²) in [4.78, 5) is -0.381. The number of nitrogen functional groups attached to an aromatic ring is 1. The summed E-state index contributed by atoms with van der Waals surface area (Å²) < 4.78 is 40.3. The SMILES string of the molecule is CSCCCCCCNS(=O)(=O)c1cc(N)c(C)cc1F. The molecule has 1 rings (SSSR count).